The van der Waals surface area contributed by atoms with Crippen LogP contribution in [0.2, 0.25) is 0 Å². The van der Waals surface area contributed by atoms with Crippen LogP contribution < -0.4 is 20.9 Å². The van der Waals surface area contributed by atoms with Gasteiger partial charge in [0.1, 0.15) is 5.82 Å². The summed E-state index contributed by atoms with van der Waals surface area (Å²) in [5.74, 6) is 7.76. The molecule has 2 heterocycles. The average molecular weight is 516 g/mol. The maximum atomic E-state index is 14.3. The van der Waals surface area contributed by atoms with Gasteiger partial charge in [0, 0.05) is 30.8 Å². The van der Waals surface area contributed by atoms with E-state index in [1.54, 1.807) is 17.1 Å². The Balaban J connectivity index is 1.52. The van der Waals surface area contributed by atoms with Gasteiger partial charge >= 0.3 is 5.97 Å². The summed E-state index contributed by atoms with van der Waals surface area (Å²) >= 11 is 0. The fourth-order valence-electron chi connectivity index (χ4n) is 5.05. The number of hydrogen-bond acceptors (Lipinski definition) is 10. The number of piperidine rings is 1. The molecule has 0 unspecified atom stereocenters. The molecule has 2 aromatic rings. The van der Waals surface area contributed by atoms with Crippen LogP contribution in [0.15, 0.2) is 18.2 Å². The maximum absolute atomic E-state index is 14.3. The molecule has 0 radical (unpaired) electrons. The van der Waals surface area contributed by atoms with Crippen molar-refractivity contribution in [2.45, 2.75) is 70.3 Å². The molecule has 1 saturated carbocycles. The van der Waals surface area contributed by atoms with E-state index in [1.165, 1.54) is 26.0 Å². The average Bonchev–Trinajstić information content (AvgIpc) is 3.19. The lowest BCUT2D eigenvalue weighted by Crippen LogP contribution is -2.50. The lowest BCUT2D eigenvalue weighted by molar-refractivity contribution is -0.144. The third kappa shape index (κ3) is 7.26. The largest absolute Gasteiger partial charge is 0.494 e. The summed E-state index contributed by atoms with van der Waals surface area (Å²) in [5, 5.41) is 4.76. The summed E-state index contributed by atoms with van der Waals surface area (Å²) in [7, 11) is 1.43. The molecule has 0 amide bonds. The van der Waals surface area contributed by atoms with E-state index in [0.29, 0.717) is 24.2 Å². The molecule has 1 aliphatic carbocycles. The van der Waals surface area contributed by atoms with Gasteiger partial charge in [-0.3, -0.25) is 14.7 Å². The second-order valence-corrected chi connectivity index (χ2v) is 9.70. The Kier molecular flexibility index (Phi) is 9.45. The van der Waals surface area contributed by atoms with Crippen molar-refractivity contribution in [2.24, 2.45) is 5.84 Å². The monoisotopic (exact) mass is 515 g/mol. The fraction of sp³-hybridized carbons (Fsp3) is 0.615. The lowest BCUT2D eigenvalue weighted by Gasteiger charge is -2.35. The number of ether oxygens (including phenoxy) is 2. The molecular weight excluding hydrogens is 477 g/mol. The van der Waals surface area contributed by atoms with Crippen LogP contribution in [0.5, 0.6) is 5.75 Å². The highest BCUT2D eigenvalue weighted by Gasteiger charge is 2.28. The van der Waals surface area contributed by atoms with Crippen LogP contribution in [0.3, 0.4) is 0 Å². The minimum atomic E-state index is -0.471. The summed E-state index contributed by atoms with van der Waals surface area (Å²) in [5.41, 5.74) is 0.512. The van der Waals surface area contributed by atoms with Gasteiger partial charge in [0.25, 0.3) is 0 Å². The lowest BCUT2D eigenvalue weighted by atomic mass is 9.99. The molecule has 0 bridgehead atoms. The summed E-state index contributed by atoms with van der Waals surface area (Å²) in [6.45, 7) is 3.94. The number of rotatable bonds is 9. The molecule has 4 rings (SSSR count). The molecule has 2 fully saturated rings. The van der Waals surface area contributed by atoms with Crippen molar-refractivity contribution < 1.29 is 18.7 Å². The van der Waals surface area contributed by atoms with Crippen molar-refractivity contribution in [1.29, 1.82) is 0 Å². The topological polar surface area (TPSA) is 119 Å². The van der Waals surface area contributed by atoms with Gasteiger partial charge in [-0.1, -0.05) is 25.7 Å². The van der Waals surface area contributed by atoms with E-state index in [2.05, 4.69) is 15.2 Å². The number of nitrogens with zero attached hydrogens (tertiary/aromatic N) is 5. The van der Waals surface area contributed by atoms with Crippen LogP contribution in [0.4, 0.5) is 22.0 Å². The normalized spacial score (nSPS) is 17.7. The molecule has 1 aliphatic heterocycles. The van der Waals surface area contributed by atoms with Gasteiger partial charge in [0.15, 0.2) is 11.6 Å². The Morgan fingerprint density at radius 1 is 1.14 bits per heavy atom. The highest BCUT2D eigenvalue weighted by molar-refractivity contribution is 5.71. The molecule has 2 aliphatic rings. The van der Waals surface area contributed by atoms with E-state index >= 15 is 0 Å². The van der Waals surface area contributed by atoms with Crippen molar-refractivity contribution in [3.63, 3.8) is 0 Å². The zero-order valence-electron chi connectivity index (χ0n) is 21.8. The number of hydrazine groups is 1. The first kappa shape index (κ1) is 27.0. The summed E-state index contributed by atoms with van der Waals surface area (Å²) in [6.07, 6.45) is 8.32. The van der Waals surface area contributed by atoms with E-state index in [4.69, 9.17) is 25.3 Å². The van der Waals surface area contributed by atoms with E-state index in [0.717, 1.165) is 57.4 Å². The minimum absolute atomic E-state index is 0.0223. The quantitative estimate of drug-likeness (QED) is 0.220. The number of esters is 1. The Hall–Kier alpha value is -3.05. The number of methoxy groups -OCH3 is 1. The molecule has 1 saturated heterocycles. The third-order valence-corrected chi connectivity index (χ3v) is 7.11. The Labute approximate surface area is 217 Å². The van der Waals surface area contributed by atoms with Gasteiger partial charge in [-0.05, 0) is 44.7 Å². The predicted molar refractivity (Wildman–Crippen MR) is 139 cm³/mol. The zero-order chi connectivity index (χ0) is 26.2. The highest BCUT2D eigenvalue weighted by Crippen LogP contribution is 2.32. The van der Waals surface area contributed by atoms with Crippen LogP contribution in [0, 0.1) is 5.82 Å². The second-order valence-electron chi connectivity index (χ2n) is 9.70. The Morgan fingerprint density at radius 3 is 2.51 bits per heavy atom. The minimum Gasteiger partial charge on any atom is -0.494 e. The molecular formula is C26H38FN7O3. The summed E-state index contributed by atoms with van der Waals surface area (Å²) < 4.78 is 24.4. The van der Waals surface area contributed by atoms with E-state index < -0.39 is 5.82 Å². The molecule has 3 N–H and O–H groups in total. The van der Waals surface area contributed by atoms with E-state index in [1.807, 2.05) is 6.92 Å². The number of carbonyl (C=O) groups is 1. The molecule has 11 heteroatoms. The first-order chi connectivity index (χ1) is 18.0. The number of aromatic nitrogens is 3. The van der Waals surface area contributed by atoms with Gasteiger partial charge in [0.2, 0.25) is 11.9 Å². The van der Waals surface area contributed by atoms with Crippen molar-refractivity contribution >= 4 is 23.6 Å². The molecule has 1 aromatic carbocycles. The molecule has 0 spiro atoms. The number of anilines is 3. The molecule has 37 heavy (non-hydrogen) atoms. The fourth-order valence-corrected chi connectivity index (χ4v) is 5.05. The van der Waals surface area contributed by atoms with Gasteiger partial charge < -0.3 is 14.8 Å². The zero-order valence-corrected chi connectivity index (χ0v) is 21.8. The number of benzene rings is 1. The molecule has 1 aromatic heterocycles. The Bertz CT molecular complexity index is 1040. The van der Waals surface area contributed by atoms with Crippen LogP contribution in [0.1, 0.15) is 70.0 Å². The first-order valence-electron chi connectivity index (χ1n) is 13.2. The van der Waals surface area contributed by atoms with Crippen molar-refractivity contribution in [1.82, 2.24) is 19.9 Å². The van der Waals surface area contributed by atoms with Crippen LogP contribution in [-0.2, 0) is 9.53 Å². The smallest absolute Gasteiger partial charge is 0.320 e. The molecule has 10 nitrogen and oxygen atoms in total. The summed E-state index contributed by atoms with van der Waals surface area (Å²) in [6, 6.07) is 4.66. The van der Waals surface area contributed by atoms with Gasteiger partial charge in [-0.25, -0.2) is 10.2 Å². The predicted octanol–water partition coefficient (Wildman–Crippen LogP) is 3.91. The first-order valence-corrected chi connectivity index (χ1v) is 13.2. The summed E-state index contributed by atoms with van der Waals surface area (Å²) in [4.78, 5) is 28.1. The second kappa shape index (κ2) is 13.0. The number of likely N-dealkylation sites (tertiary alicyclic amines) is 1. The van der Waals surface area contributed by atoms with Gasteiger partial charge in [-0.2, -0.15) is 15.0 Å². The van der Waals surface area contributed by atoms with Gasteiger partial charge in [-0.15, -0.1) is 0 Å². The van der Waals surface area contributed by atoms with Crippen LogP contribution >= 0.6 is 0 Å². The Morgan fingerprint density at radius 2 is 1.86 bits per heavy atom. The van der Waals surface area contributed by atoms with Gasteiger partial charge in [0.05, 0.1) is 26.3 Å². The molecule has 202 valence electrons. The third-order valence-electron chi connectivity index (χ3n) is 7.11. The number of halogens is 1. The number of hydrogen-bond donors (Lipinski definition) is 2. The van der Waals surface area contributed by atoms with Crippen molar-refractivity contribution in [3.05, 3.63) is 29.8 Å². The molecule has 0 atom stereocenters. The van der Waals surface area contributed by atoms with Crippen LogP contribution in [-0.4, -0.2) is 65.2 Å². The van der Waals surface area contributed by atoms with E-state index in [9.17, 15) is 9.18 Å². The highest BCUT2D eigenvalue weighted by atomic mass is 19.1. The maximum Gasteiger partial charge on any atom is 0.320 e. The van der Waals surface area contributed by atoms with Crippen molar-refractivity contribution in [2.75, 3.05) is 43.7 Å². The number of nitrogens with two attached hydrogens (primary N) is 1. The SMILES string of the molecule is CCOC(=O)CN1CCC(N(N)c2nc(Nc3ccc(OC)c(F)c3)nc(C3CCCCCC3)n2)CC1. The number of nitrogens with one attached hydrogen (secondary N) is 1. The number of carbonyl (C=O) groups excluding carboxylic acids is 1. The van der Waals surface area contributed by atoms with Crippen molar-refractivity contribution in [3.8, 4) is 5.75 Å². The van der Waals surface area contributed by atoms with Crippen LogP contribution in [0.25, 0.3) is 0 Å². The van der Waals surface area contributed by atoms with E-state index in [-0.39, 0.29) is 30.2 Å². The standard InChI is InChI=1S/C26H38FN7O3/c1-3-37-23(35)17-33-14-12-20(13-15-33)34(28)26-31-24(18-8-6-4-5-7-9-18)30-25(32-26)29-19-10-11-22(36-2)21(27)16-19/h10-11,16,18,20H,3-9,12-15,17,28H2,1-2H3,(H,29,30,31,32).